The Balaban J connectivity index is 2.45. The zero-order chi connectivity index (χ0) is 16.7. The van der Waals surface area contributed by atoms with Gasteiger partial charge in [0.1, 0.15) is 5.82 Å². The average molecular weight is 314 g/mol. The van der Waals surface area contributed by atoms with Crippen molar-refractivity contribution < 1.29 is 13.2 Å². The summed E-state index contributed by atoms with van der Waals surface area (Å²) in [6, 6.07) is 3.31. The summed E-state index contributed by atoms with van der Waals surface area (Å²) >= 11 is 0. The Morgan fingerprint density at radius 3 is 2.23 bits per heavy atom. The lowest BCUT2D eigenvalue weighted by molar-refractivity contribution is -0.106. The topological polar surface area (TPSA) is 6.48 Å². The number of halogens is 3. The Labute approximate surface area is 130 Å². The van der Waals surface area contributed by atoms with Crippen LogP contribution in [0.3, 0.4) is 0 Å². The van der Waals surface area contributed by atoms with Crippen LogP contribution in [0.15, 0.2) is 18.2 Å². The summed E-state index contributed by atoms with van der Waals surface area (Å²) in [5, 5.41) is 0. The van der Waals surface area contributed by atoms with Crippen molar-refractivity contribution in [3.05, 3.63) is 35.1 Å². The first kappa shape index (κ1) is 17.3. The molecule has 2 rings (SSSR count). The maximum atomic E-state index is 15.0. The third-order valence-electron chi connectivity index (χ3n) is 4.44. The van der Waals surface area contributed by atoms with Crippen molar-refractivity contribution in [2.75, 3.05) is 33.7 Å². The van der Waals surface area contributed by atoms with Gasteiger partial charge in [-0.1, -0.05) is 32.9 Å². The quantitative estimate of drug-likeness (QED) is 0.825. The summed E-state index contributed by atoms with van der Waals surface area (Å²) in [5.41, 5.74) is -0.672. The molecular formula is C17H25F3N2. The molecule has 5 heteroatoms. The standard InChI is InChI=1S/C17H25F3N2/c1-16(2,3)12-7-6-8-13(15(12)18)17(19,20)14-11-21(4)9-10-22(14)5/h6-8,14H,9-11H2,1-5H3. The number of benzene rings is 1. The van der Waals surface area contributed by atoms with Gasteiger partial charge in [0.25, 0.3) is 5.92 Å². The van der Waals surface area contributed by atoms with Gasteiger partial charge in [0.05, 0.1) is 11.6 Å². The summed E-state index contributed by atoms with van der Waals surface area (Å²) in [7, 11) is 3.50. The van der Waals surface area contributed by atoms with E-state index < -0.39 is 28.8 Å². The van der Waals surface area contributed by atoms with Crippen LogP contribution in [0.4, 0.5) is 13.2 Å². The number of piperazine rings is 1. The van der Waals surface area contributed by atoms with E-state index in [0.29, 0.717) is 12.1 Å². The minimum absolute atomic E-state index is 0.225. The van der Waals surface area contributed by atoms with Gasteiger partial charge in [-0.05, 0) is 31.1 Å². The van der Waals surface area contributed by atoms with E-state index >= 15 is 0 Å². The fraction of sp³-hybridized carbons (Fsp3) is 0.647. The first-order chi connectivity index (χ1) is 10.0. The largest absolute Gasteiger partial charge is 0.303 e. The molecule has 0 aromatic heterocycles. The second-order valence-electron chi connectivity index (χ2n) is 7.30. The number of alkyl halides is 2. The van der Waals surface area contributed by atoms with Crippen molar-refractivity contribution in [3.63, 3.8) is 0 Å². The number of likely N-dealkylation sites (N-methyl/N-ethyl adjacent to an activating group) is 2. The van der Waals surface area contributed by atoms with Crippen molar-refractivity contribution in [2.45, 2.75) is 38.2 Å². The third-order valence-corrected chi connectivity index (χ3v) is 4.44. The molecule has 1 aliphatic rings. The molecule has 1 fully saturated rings. The molecule has 124 valence electrons. The van der Waals surface area contributed by atoms with Crippen LogP contribution in [0.2, 0.25) is 0 Å². The van der Waals surface area contributed by atoms with Gasteiger partial charge in [0.15, 0.2) is 0 Å². The Morgan fingerprint density at radius 2 is 1.64 bits per heavy atom. The van der Waals surface area contributed by atoms with Crippen molar-refractivity contribution in [3.8, 4) is 0 Å². The number of rotatable bonds is 2. The van der Waals surface area contributed by atoms with Gasteiger partial charge in [-0.3, -0.25) is 4.90 Å². The normalized spacial score (nSPS) is 22.1. The summed E-state index contributed by atoms with van der Waals surface area (Å²) < 4.78 is 44.7. The van der Waals surface area contributed by atoms with E-state index in [2.05, 4.69) is 0 Å². The lowest BCUT2D eigenvalue weighted by atomic mass is 9.84. The summed E-state index contributed by atoms with van der Waals surface area (Å²) in [4.78, 5) is 3.49. The van der Waals surface area contributed by atoms with Crippen LogP contribution in [0.1, 0.15) is 31.9 Å². The second-order valence-corrected chi connectivity index (χ2v) is 7.30. The number of hydrogen-bond donors (Lipinski definition) is 0. The molecular weight excluding hydrogens is 289 g/mol. The number of hydrogen-bond acceptors (Lipinski definition) is 2. The van der Waals surface area contributed by atoms with Crippen molar-refractivity contribution in [2.24, 2.45) is 0 Å². The molecule has 0 bridgehead atoms. The van der Waals surface area contributed by atoms with Crippen molar-refractivity contribution in [1.82, 2.24) is 9.80 Å². The summed E-state index contributed by atoms with van der Waals surface area (Å²) in [5.74, 6) is -4.00. The first-order valence-electron chi connectivity index (χ1n) is 7.61. The maximum absolute atomic E-state index is 15.0. The SMILES string of the molecule is CN1CCN(C)C(C(F)(F)c2cccc(C(C)(C)C)c2F)C1. The maximum Gasteiger partial charge on any atom is 0.292 e. The molecule has 0 saturated carbocycles. The highest BCUT2D eigenvalue weighted by molar-refractivity contribution is 5.34. The highest BCUT2D eigenvalue weighted by Gasteiger charge is 2.47. The van der Waals surface area contributed by atoms with Gasteiger partial charge in [0, 0.05) is 19.6 Å². The van der Waals surface area contributed by atoms with E-state index in [1.807, 2.05) is 32.7 Å². The van der Waals surface area contributed by atoms with E-state index in [1.165, 1.54) is 12.1 Å². The molecule has 1 aliphatic heterocycles. The zero-order valence-corrected chi connectivity index (χ0v) is 14.0. The van der Waals surface area contributed by atoms with Gasteiger partial charge < -0.3 is 4.90 Å². The Hall–Kier alpha value is -1.07. The molecule has 22 heavy (non-hydrogen) atoms. The van der Waals surface area contributed by atoms with E-state index in [-0.39, 0.29) is 6.54 Å². The average Bonchev–Trinajstić information content (AvgIpc) is 2.40. The van der Waals surface area contributed by atoms with Crippen LogP contribution in [0, 0.1) is 5.82 Å². The number of nitrogens with zero attached hydrogens (tertiary/aromatic N) is 2. The first-order valence-corrected chi connectivity index (χ1v) is 7.61. The zero-order valence-electron chi connectivity index (χ0n) is 14.0. The van der Waals surface area contributed by atoms with Crippen LogP contribution in [-0.4, -0.2) is 49.6 Å². The van der Waals surface area contributed by atoms with E-state index in [0.717, 1.165) is 6.54 Å². The molecule has 0 amide bonds. The Bertz CT molecular complexity index is 537. The summed E-state index contributed by atoms with van der Waals surface area (Å²) in [6.07, 6.45) is 0. The van der Waals surface area contributed by atoms with E-state index in [1.54, 1.807) is 18.0 Å². The predicted octanol–water partition coefficient (Wildman–Crippen LogP) is 3.46. The molecule has 0 spiro atoms. The minimum atomic E-state index is -3.23. The van der Waals surface area contributed by atoms with Gasteiger partial charge in [-0.25, -0.2) is 4.39 Å². The van der Waals surface area contributed by atoms with Crippen LogP contribution in [-0.2, 0) is 11.3 Å². The monoisotopic (exact) mass is 314 g/mol. The van der Waals surface area contributed by atoms with Gasteiger partial charge in [0.2, 0.25) is 0 Å². The fourth-order valence-electron chi connectivity index (χ4n) is 2.95. The Morgan fingerprint density at radius 1 is 1.05 bits per heavy atom. The lowest BCUT2D eigenvalue weighted by Gasteiger charge is -2.41. The molecule has 0 aliphatic carbocycles. The minimum Gasteiger partial charge on any atom is -0.303 e. The van der Waals surface area contributed by atoms with Gasteiger partial charge >= 0.3 is 0 Å². The molecule has 0 N–H and O–H groups in total. The van der Waals surface area contributed by atoms with Crippen LogP contribution >= 0.6 is 0 Å². The third kappa shape index (κ3) is 3.15. The summed E-state index contributed by atoms with van der Waals surface area (Å²) in [6.45, 7) is 7.00. The molecule has 1 saturated heterocycles. The molecule has 2 nitrogen and oxygen atoms in total. The van der Waals surface area contributed by atoms with Crippen LogP contribution < -0.4 is 0 Å². The van der Waals surface area contributed by atoms with E-state index in [9.17, 15) is 13.2 Å². The highest BCUT2D eigenvalue weighted by atomic mass is 19.3. The highest BCUT2D eigenvalue weighted by Crippen LogP contribution is 2.39. The van der Waals surface area contributed by atoms with Crippen LogP contribution in [0.25, 0.3) is 0 Å². The molecule has 1 aromatic carbocycles. The van der Waals surface area contributed by atoms with E-state index in [4.69, 9.17) is 0 Å². The Kier molecular flexibility index (Phi) is 4.60. The molecule has 1 aromatic rings. The van der Waals surface area contributed by atoms with Crippen molar-refractivity contribution >= 4 is 0 Å². The van der Waals surface area contributed by atoms with Gasteiger partial charge in [-0.15, -0.1) is 0 Å². The molecule has 1 unspecified atom stereocenters. The second kappa shape index (κ2) is 5.85. The molecule has 1 atom stereocenters. The smallest absolute Gasteiger partial charge is 0.292 e. The predicted molar refractivity (Wildman–Crippen MR) is 82.9 cm³/mol. The van der Waals surface area contributed by atoms with Crippen molar-refractivity contribution in [1.29, 1.82) is 0 Å². The molecule has 1 heterocycles. The molecule has 0 radical (unpaired) electrons. The lowest BCUT2D eigenvalue weighted by Crippen LogP contribution is -2.56. The fourth-order valence-corrected chi connectivity index (χ4v) is 2.95. The van der Waals surface area contributed by atoms with Gasteiger partial charge in [-0.2, -0.15) is 8.78 Å². The van der Waals surface area contributed by atoms with Crippen LogP contribution in [0.5, 0.6) is 0 Å².